The number of H-pyrrole nitrogens is 2. The highest BCUT2D eigenvalue weighted by Gasteiger charge is 2.45. The number of aliphatic hydroxyl groups excluding tert-OH is 3. The van der Waals surface area contributed by atoms with Crippen molar-refractivity contribution >= 4 is 74.2 Å². The number of aliphatic hydroxyl groups is 3. The molecule has 2 amide bonds. The standard InChI is InChI=1S/C25H35N6O5P.C23H27N5O6.C18H24N9O10P/c1-6-20-21(36-37(14-10-13-26)31(17(2)3)18(4)5)15-22(35-20)30-16-27-23(28-24(30)32)29-25(33)34-19-11-8-7-9-12-19;1-23(2,3)13-5-7-14(8-6-13)33-11-17(30)25-22-26-20-19(21(31)27-22)24-12-28(20)18-9-15(32-4)16(10-29)34-18;19-16-22-6-27(18(31)25-16)12-2-8(9(3-28)35-12)37-38(32,33)34-4-10-7(29)1-11(36-10)26-5-21-13-14(26)23-17(20)24-15(13)30/h7-9,11-12,16-18,20-22H,6,10,14-15H2,1-5H3,(H,28,29,32,33);5-8,12,15-16,18,29H,1,9-11H2,2-4H3,(H-,25,26,27,30,31);5-12,28-29H,1-4H2,(H,32,33)(H2,19,25,31)(H3,20,23,24,30)/p+1/t20-,21-,22-,37?;15-,16-,18-;7-,8-,9-,10-,11-,12-/m111/s1. The lowest BCUT2D eigenvalue weighted by molar-refractivity contribution is -0.118. The predicted molar refractivity (Wildman–Crippen MR) is 388 cm³/mol. The number of nitrogens with zero attached hydrogens (tertiary/aromatic N) is 14. The van der Waals surface area contributed by atoms with E-state index in [1.54, 1.807) is 54.1 Å². The molecule has 6 aromatic heterocycles. The quantitative estimate of drug-likeness (QED) is 0.0260. The zero-order valence-corrected chi connectivity index (χ0v) is 62.4. The summed E-state index contributed by atoms with van der Waals surface area (Å²) in [5.74, 6) is -0.180. The Morgan fingerprint density at radius 1 is 0.743 bits per heavy atom. The minimum Gasteiger partial charge on any atom is -0.484 e. The van der Waals surface area contributed by atoms with Gasteiger partial charge < -0.3 is 69.4 Å². The monoisotopic (exact) mass is 1560 g/mol. The first-order valence-electron chi connectivity index (χ1n) is 34.5. The van der Waals surface area contributed by atoms with Crippen LogP contribution in [-0.4, -0.2) is 206 Å². The van der Waals surface area contributed by atoms with Crippen molar-refractivity contribution in [1.82, 2.24) is 72.8 Å². The maximum Gasteiger partial charge on any atom is 0.472 e. The van der Waals surface area contributed by atoms with E-state index in [0.717, 1.165) is 16.5 Å². The van der Waals surface area contributed by atoms with Crippen LogP contribution in [0.1, 0.15) is 117 Å². The fourth-order valence-electron chi connectivity index (χ4n) is 12.4. The summed E-state index contributed by atoms with van der Waals surface area (Å²) in [7, 11) is -4.25. The fraction of sp³-hybridized carbons (Fsp3) is 0.515. The Balaban J connectivity index is 0.000000174. The van der Waals surface area contributed by atoms with E-state index >= 15 is 0 Å². The molecule has 12 rings (SSSR count). The minimum absolute atomic E-state index is 0.0218. The molecule has 10 heterocycles. The SMILES string of the molecule is CC[C@H]1O[C@@H](n2cnc(NC(=O)Oc3ccccc3)nc2=O)C[C@H]1OP(CCC#N)N(C(C)C)C(C)C.Nc1ncn([C@H]2C[C@@H](OP(=O)(O)OC[C@H]3O[C@@H](n4cnc5c(=O)[nH]c(N)nc54)C[C@H]3O)[C@@H](CO)O2)c(=O)n1.[CH2+]C(C)(C)c1ccc(OCC(=O)Nc2nc3c(ncn3[C@H]3C[C@@H](OC)[C@@H](CO)O3)c(=O)[nH]2)cc1. The number of rotatable bonds is 27. The Labute approximate surface area is 622 Å². The van der Waals surface area contributed by atoms with Crippen molar-refractivity contribution in [1.29, 1.82) is 5.26 Å². The number of phosphoric ester groups is 1. The zero-order chi connectivity index (χ0) is 78.6. The number of methoxy groups -OCH3 is 1. The summed E-state index contributed by atoms with van der Waals surface area (Å²) in [5.41, 5.74) is 9.87. The van der Waals surface area contributed by atoms with Crippen LogP contribution in [0.2, 0.25) is 0 Å². The Morgan fingerprint density at radius 2 is 1.30 bits per heavy atom. The maximum absolute atomic E-state index is 12.8. The van der Waals surface area contributed by atoms with E-state index in [0.29, 0.717) is 43.3 Å². The number of benzene rings is 2. The largest absolute Gasteiger partial charge is 0.484 e. The lowest BCUT2D eigenvalue weighted by atomic mass is 9.87. The molecular formula is C66H87N20O21P2+. The van der Waals surface area contributed by atoms with Crippen molar-refractivity contribution in [2.75, 3.05) is 61.8 Å². The molecule has 4 saturated heterocycles. The van der Waals surface area contributed by atoms with Crippen LogP contribution in [0.3, 0.4) is 0 Å². The third-order valence-electron chi connectivity index (χ3n) is 17.5. The van der Waals surface area contributed by atoms with Crippen LogP contribution in [0.15, 0.2) is 99.1 Å². The van der Waals surface area contributed by atoms with Gasteiger partial charge in [0, 0.05) is 63.0 Å². The first-order chi connectivity index (χ1) is 52.0. The number of carbonyl (C=O) groups is 2. The van der Waals surface area contributed by atoms with E-state index < -0.39 is 119 Å². The lowest BCUT2D eigenvalue weighted by Crippen LogP contribution is -2.35. The summed E-state index contributed by atoms with van der Waals surface area (Å²) in [4.78, 5) is 121. The molecule has 0 saturated carbocycles. The van der Waals surface area contributed by atoms with E-state index in [2.05, 4.69) is 106 Å². The third kappa shape index (κ3) is 20.7. The predicted octanol–water partition coefficient (Wildman–Crippen LogP) is 3.59. The number of para-hydroxylation sites is 1. The molecule has 109 heavy (non-hydrogen) atoms. The van der Waals surface area contributed by atoms with Gasteiger partial charge in [0.25, 0.3) is 17.0 Å². The van der Waals surface area contributed by atoms with E-state index in [4.69, 9.17) is 58.2 Å². The third-order valence-corrected chi connectivity index (χ3v) is 21.1. The Kier molecular flexibility index (Phi) is 27.3. The topological polar surface area (TPSA) is 550 Å². The van der Waals surface area contributed by atoms with Gasteiger partial charge in [-0.25, -0.2) is 38.9 Å². The van der Waals surface area contributed by atoms with E-state index in [1.165, 1.54) is 28.1 Å². The number of aromatic amines is 2. The van der Waals surface area contributed by atoms with Gasteiger partial charge in [-0.1, -0.05) is 37.3 Å². The van der Waals surface area contributed by atoms with Crippen LogP contribution < -0.4 is 54.1 Å². The number of hydrogen-bond donors (Lipinski definition) is 10. The van der Waals surface area contributed by atoms with Gasteiger partial charge in [0.2, 0.25) is 23.8 Å². The van der Waals surface area contributed by atoms with E-state index in [1.807, 2.05) is 32.9 Å². The number of carbonyl (C=O) groups excluding carboxylic acids is 2. The highest BCUT2D eigenvalue weighted by Crippen LogP contribution is 2.51. The smallest absolute Gasteiger partial charge is 0.472 e. The molecule has 4 aliphatic rings. The van der Waals surface area contributed by atoms with Crippen LogP contribution in [0.4, 0.5) is 28.6 Å². The van der Waals surface area contributed by atoms with Crippen molar-refractivity contribution in [2.24, 2.45) is 0 Å². The van der Waals surface area contributed by atoms with Gasteiger partial charge in [-0.05, 0) is 72.2 Å². The molecule has 14 atom stereocenters. The Morgan fingerprint density at radius 3 is 1.89 bits per heavy atom. The number of amides is 2. The fourth-order valence-corrected chi connectivity index (χ4v) is 15.6. The number of aromatic nitrogens is 14. The highest BCUT2D eigenvalue weighted by molar-refractivity contribution is 7.50. The van der Waals surface area contributed by atoms with Crippen molar-refractivity contribution in [2.45, 2.75) is 178 Å². The summed E-state index contributed by atoms with van der Waals surface area (Å²) in [6.45, 7) is 17.0. The molecule has 586 valence electrons. The molecule has 0 bridgehead atoms. The maximum atomic E-state index is 12.8. The first kappa shape index (κ1) is 81.9. The number of imidazole rings is 2. The van der Waals surface area contributed by atoms with Crippen LogP contribution in [0, 0.1) is 18.3 Å². The van der Waals surface area contributed by atoms with Crippen molar-refractivity contribution in [3.8, 4) is 17.6 Å². The molecule has 8 aromatic rings. The highest BCUT2D eigenvalue weighted by atomic mass is 31.2. The van der Waals surface area contributed by atoms with Gasteiger partial charge in [-0.3, -0.25) is 67.0 Å². The van der Waals surface area contributed by atoms with Gasteiger partial charge in [0.15, 0.2) is 28.9 Å². The minimum atomic E-state index is -4.76. The van der Waals surface area contributed by atoms with Crippen LogP contribution in [0.5, 0.6) is 11.5 Å². The summed E-state index contributed by atoms with van der Waals surface area (Å²) in [5, 5.41) is 43.7. The van der Waals surface area contributed by atoms with Gasteiger partial charge in [-0.15, -0.1) is 0 Å². The number of fused-ring (bicyclic) bond motifs is 2. The second-order valence-electron chi connectivity index (χ2n) is 26.5. The Hall–Kier alpha value is -9.60. The van der Waals surface area contributed by atoms with Crippen molar-refractivity contribution < 1.29 is 81.1 Å². The number of nitrogens with one attached hydrogen (secondary N) is 4. The second-order valence-corrected chi connectivity index (χ2v) is 29.8. The molecule has 2 unspecified atom stereocenters. The number of ether oxygens (including phenoxy) is 7. The molecule has 0 aliphatic carbocycles. The van der Waals surface area contributed by atoms with Gasteiger partial charge in [0.1, 0.15) is 87.2 Å². The summed E-state index contributed by atoms with van der Waals surface area (Å²) >= 11 is 0. The number of nitriles is 1. The zero-order valence-electron chi connectivity index (χ0n) is 60.6. The van der Waals surface area contributed by atoms with Gasteiger partial charge >= 0.3 is 25.3 Å². The summed E-state index contributed by atoms with van der Waals surface area (Å²) < 4.78 is 76.5. The molecule has 43 heteroatoms. The van der Waals surface area contributed by atoms with Crippen LogP contribution in [0.25, 0.3) is 22.3 Å². The van der Waals surface area contributed by atoms with Crippen LogP contribution >= 0.6 is 16.1 Å². The molecule has 2 aromatic carbocycles. The number of anilines is 4. The average molecular weight is 1560 g/mol. The molecule has 41 nitrogen and oxygen atoms in total. The van der Waals surface area contributed by atoms with Gasteiger partial charge in [0.05, 0.1) is 69.9 Å². The Bertz CT molecular complexity index is 4740. The lowest BCUT2D eigenvalue weighted by Gasteiger charge is -2.38. The molecular weight excluding hydrogens is 1470 g/mol. The average Bonchev–Trinajstić information content (AvgIpc) is 1.64. The molecule has 12 N–H and O–H groups in total. The van der Waals surface area contributed by atoms with Crippen LogP contribution in [-0.2, 0) is 52.0 Å². The van der Waals surface area contributed by atoms with E-state index in [9.17, 15) is 58.8 Å². The number of phosphoric acid groups is 1. The van der Waals surface area contributed by atoms with Crippen molar-refractivity contribution in [3.63, 3.8) is 0 Å². The number of hydrogen-bond acceptors (Lipinski definition) is 32. The summed E-state index contributed by atoms with van der Waals surface area (Å²) in [6, 6.07) is 18.6. The van der Waals surface area contributed by atoms with Gasteiger partial charge in [-0.2, -0.15) is 25.2 Å². The number of nitrogens with two attached hydrogens (primary N) is 2. The number of nitrogen functional groups attached to an aromatic ring is 2. The molecule has 0 spiro atoms. The first-order valence-corrected chi connectivity index (χ1v) is 37.4. The molecule has 4 fully saturated rings. The molecule has 4 aliphatic heterocycles. The van der Waals surface area contributed by atoms with Crippen molar-refractivity contribution in [3.05, 3.63) is 134 Å². The second kappa shape index (κ2) is 36.3. The van der Waals surface area contributed by atoms with E-state index in [-0.39, 0.29) is 108 Å². The summed E-state index contributed by atoms with van der Waals surface area (Å²) in [6.07, 6.45) is -1.68. The molecule has 0 radical (unpaired) electrons. The normalized spacial score (nSPS) is 23.4.